The van der Waals surface area contributed by atoms with Crippen LogP contribution >= 0.6 is 11.8 Å². The predicted molar refractivity (Wildman–Crippen MR) is 74.5 cm³/mol. The summed E-state index contributed by atoms with van der Waals surface area (Å²) in [6.07, 6.45) is 9.07. The molecule has 2 aliphatic rings. The van der Waals surface area contributed by atoms with Crippen LogP contribution in [0.3, 0.4) is 0 Å². The van der Waals surface area contributed by atoms with Gasteiger partial charge in [0.1, 0.15) is 0 Å². The maximum absolute atomic E-state index is 13.3. The molecule has 1 N–H and O–H groups in total. The molecule has 0 aromatic heterocycles. The molecule has 0 saturated heterocycles. The molecule has 0 aromatic rings. The van der Waals surface area contributed by atoms with Crippen LogP contribution in [0.1, 0.15) is 51.4 Å². The fourth-order valence-corrected chi connectivity index (χ4v) is 4.15. The number of nitrogens with one attached hydrogen (secondary N) is 1. The van der Waals surface area contributed by atoms with Crippen molar-refractivity contribution in [3.05, 3.63) is 0 Å². The summed E-state index contributed by atoms with van der Waals surface area (Å²) in [4.78, 5) is 0. The molecular weight excluding hydrogens is 252 g/mol. The highest BCUT2D eigenvalue weighted by Gasteiger charge is 2.36. The lowest BCUT2D eigenvalue weighted by molar-refractivity contribution is -0.0524. The number of alkyl halides is 2. The van der Waals surface area contributed by atoms with Gasteiger partial charge in [0, 0.05) is 24.1 Å². The molecule has 0 radical (unpaired) electrons. The normalized spacial score (nSPS) is 36.5. The van der Waals surface area contributed by atoms with Gasteiger partial charge in [-0.1, -0.05) is 6.42 Å². The van der Waals surface area contributed by atoms with Crippen LogP contribution in [0.4, 0.5) is 8.78 Å². The van der Waals surface area contributed by atoms with Gasteiger partial charge in [-0.05, 0) is 50.8 Å². The summed E-state index contributed by atoms with van der Waals surface area (Å²) in [5, 5.41) is 4.31. The molecule has 0 amide bonds. The van der Waals surface area contributed by atoms with Gasteiger partial charge < -0.3 is 5.32 Å². The highest BCUT2D eigenvalue weighted by molar-refractivity contribution is 7.99. The molecular formula is C14H25F2NS. The van der Waals surface area contributed by atoms with E-state index in [9.17, 15) is 8.78 Å². The third-order valence-corrected chi connectivity index (χ3v) is 5.49. The lowest BCUT2D eigenvalue weighted by Gasteiger charge is -2.33. The molecule has 3 atom stereocenters. The van der Waals surface area contributed by atoms with Gasteiger partial charge in [-0.3, -0.25) is 0 Å². The van der Waals surface area contributed by atoms with Crippen molar-refractivity contribution < 1.29 is 8.78 Å². The van der Waals surface area contributed by atoms with Crippen molar-refractivity contribution >= 4 is 11.8 Å². The van der Waals surface area contributed by atoms with E-state index in [0.29, 0.717) is 12.5 Å². The zero-order valence-electron chi connectivity index (χ0n) is 11.3. The van der Waals surface area contributed by atoms with Crippen LogP contribution in [0.15, 0.2) is 0 Å². The number of thioether (sulfide) groups is 1. The largest absolute Gasteiger partial charge is 0.314 e. The van der Waals surface area contributed by atoms with Crippen molar-refractivity contribution in [3.63, 3.8) is 0 Å². The van der Waals surface area contributed by atoms with Crippen LogP contribution in [0.5, 0.6) is 0 Å². The number of hydrogen-bond donors (Lipinski definition) is 1. The van der Waals surface area contributed by atoms with E-state index in [1.165, 1.54) is 25.7 Å². The molecule has 0 spiro atoms. The fraction of sp³-hybridized carbons (Fsp3) is 1.00. The summed E-state index contributed by atoms with van der Waals surface area (Å²) >= 11 is 1.95. The third-order valence-electron chi connectivity index (χ3n) is 4.40. The van der Waals surface area contributed by atoms with Gasteiger partial charge in [0.25, 0.3) is 0 Å². The van der Waals surface area contributed by atoms with Gasteiger partial charge in [-0.25, -0.2) is 8.78 Å². The van der Waals surface area contributed by atoms with E-state index >= 15 is 0 Å². The zero-order chi connectivity index (χ0) is 13.0. The Morgan fingerprint density at radius 2 is 2.06 bits per heavy atom. The molecule has 106 valence electrons. The van der Waals surface area contributed by atoms with E-state index in [2.05, 4.69) is 11.6 Å². The lowest BCUT2D eigenvalue weighted by Crippen LogP contribution is -2.40. The minimum absolute atomic E-state index is 0.0959. The third kappa shape index (κ3) is 4.37. The number of hydrogen-bond acceptors (Lipinski definition) is 2. The average Bonchev–Trinajstić information content (AvgIpc) is 2.35. The van der Waals surface area contributed by atoms with Crippen molar-refractivity contribution in [2.24, 2.45) is 5.92 Å². The molecule has 2 saturated carbocycles. The first-order chi connectivity index (χ1) is 8.59. The van der Waals surface area contributed by atoms with E-state index in [0.717, 1.165) is 18.2 Å². The summed E-state index contributed by atoms with van der Waals surface area (Å²) in [7, 11) is 0. The predicted octanol–water partition coefficient (Wildman–Crippen LogP) is 4.08. The van der Waals surface area contributed by atoms with Crippen molar-refractivity contribution in [2.75, 3.05) is 12.8 Å². The van der Waals surface area contributed by atoms with Gasteiger partial charge in [-0.2, -0.15) is 11.8 Å². The minimum atomic E-state index is -2.40. The van der Waals surface area contributed by atoms with Gasteiger partial charge >= 0.3 is 0 Å². The molecule has 2 rings (SSSR count). The first-order valence-electron chi connectivity index (χ1n) is 7.23. The summed E-state index contributed by atoms with van der Waals surface area (Å²) in [6, 6.07) is 0.562. The maximum Gasteiger partial charge on any atom is 0.248 e. The molecule has 18 heavy (non-hydrogen) atoms. The molecule has 0 aliphatic heterocycles. The molecule has 0 aromatic carbocycles. The van der Waals surface area contributed by atoms with E-state index in [-0.39, 0.29) is 18.8 Å². The molecule has 2 aliphatic carbocycles. The number of halogens is 2. The average molecular weight is 277 g/mol. The second-order valence-corrected chi connectivity index (χ2v) is 7.09. The summed E-state index contributed by atoms with van der Waals surface area (Å²) in [5.41, 5.74) is 0. The molecule has 0 bridgehead atoms. The van der Waals surface area contributed by atoms with Crippen molar-refractivity contribution in [1.29, 1.82) is 0 Å². The fourth-order valence-electron chi connectivity index (χ4n) is 3.33. The highest BCUT2D eigenvalue weighted by Crippen LogP contribution is 2.36. The quantitative estimate of drug-likeness (QED) is 0.831. The second-order valence-electron chi connectivity index (χ2n) is 5.95. The van der Waals surface area contributed by atoms with Crippen LogP contribution in [0, 0.1) is 5.92 Å². The smallest absolute Gasteiger partial charge is 0.248 e. The number of rotatable bonds is 4. The van der Waals surface area contributed by atoms with E-state index in [1.807, 2.05) is 11.8 Å². The van der Waals surface area contributed by atoms with Crippen LogP contribution in [0.2, 0.25) is 0 Å². The Bertz CT molecular complexity index is 260. The SMILES string of the molecule is CSC1CCCC(NCC2CCCC(F)(F)C2)C1. The van der Waals surface area contributed by atoms with Crippen LogP contribution < -0.4 is 5.32 Å². The Balaban J connectivity index is 1.70. The Kier molecular flexibility index (Phi) is 5.31. The summed E-state index contributed by atoms with van der Waals surface area (Å²) in [6.45, 7) is 0.793. The molecule has 0 heterocycles. The second kappa shape index (κ2) is 6.56. The van der Waals surface area contributed by atoms with Crippen LogP contribution in [-0.4, -0.2) is 30.0 Å². The standard InChI is InChI=1S/C14H25F2NS/c1-18-13-6-2-5-12(8-13)17-10-11-4-3-7-14(15,16)9-11/h11-13,17H,2-10H2,1H3. The van der Waals surface area contributed by atoms with Gasteiger partial charge in [0.15, 0.2) is 0 Å². The Morgan fingerprint density at radius 3 is 2.78 bits per heavy atom. The van der Waals surface area contributed by atoms with Crippen molar-refractivity contribution in [3.8, 4) is 0 Å². The Labute approximate surface area is 113 Å². The topological polar surface area (TPSA) is 12.0 Å². The maximum atomic E-state index is 13.3. The minimum Gasteiger partial charge on any atom is -0.314 e. The van der Waals surface area contributed by atoms with Gasteiger partial charge in [0.05, 0.1) is 0 Å². The van der Waals surface area contributed by atoms with Crippen molar-refractivity contribution in [2.45, 2.75) is 68.6 Å². The first-order valence-corrected chi connectivity index (χ1v) is 8.52. The van der Waals surface area contributed by atoms with Crippen LogP contribution in [-0.2, 0) is 0 Å². The lowest BCUT2D eigenvalue weighted by atomic mass is 9.86. The van der Waals surface area contributed by atoms with E-state index in [4.69, 9.17) is 0 Å². The van der Waals surface area contributed by atoms with Crippen molar-refractivity contribution in [1.82, 2.24) is 5.32 Å². The monoisotopic (exact) mass is 277 g/mol. The van der Waals surface area contributed by atoms with Gasteiger partial charge in [-0.15, -0.1) is 0 Å². The van der Waals surface area contributed by atoms with E-state index < -0.39 is 5.92 Å². The molecule has 4 heteroatoms. The van der Waals surface area contributed by atoms with E-state index in [1.54, 1.807) is 0 Å². The molecule has 3 unspecified atom stereocenters. The zero-order valence-corrected chi connectivity index (χ0v) is 12.1. The highest BCUT2D eigenvalue weighted by atomic mass is 32.2. The van der Waals surface area contributed by atoms with Crippen LogP contribution in [0.25, 0.3) is 0 Å². The molecule has 2 fully saturated rings. The Hall–Kier alpha value is 0.170. The summed E-state index contributed by atoms with van der Waals surface area (Å²) < 4.78 is 26.6. The molecule has 1 nitrogen and oxygen atoms in total. The summed E-state index contributed by atoms with van der Waals surface area (Å²) in [5.74, 6) is -2.22. The van der Waals surface area contributed by atoms with Gasteiger partial charge in [0.2, 0.25) is 5.92 Å². The Morgan fingerprint density at radius 1 is 1.22 bits per heavy atom. The first kappa shape index (κ1) is 14.6.